The fraction of sp³-hybridized carbons (Fsp3) is 0.415. The lowest BCUT2D eigenvalue weighted by Gasteiger charge is -2.29. The number of aliphatic carboxylic acids is 1. The highest BCUT2D eigenvalue weighted by molar-refractivity contribution is 6.04. The number of hydrogen-bond acceptors (Lipinski definition) is 12. The number of carboxylic acids is 2. The van der Waals surface area contributed by atoms with Gasteiger partial charge in [-0.3, -0.25) is 19.4 Å². The smallest absolute Gasteiger partial charge is 0.336 e. The number of nitrogens with zero attached hydrogens (tertiary/aromatic N) is 4. The maximum atomic E-state index is 12.1. The minimum atomic E-state index is -1.16. The van der Waals surface area contributed by atoms with Crippen LogP contribution in [0.4, 0.5) is 11.4 Å². The number of nitrogens with one attached hydrogen (secondary N) is 1. The topological polar surface area (TPSA) is 199 Å². The Morgan fingerprint density at radius 2 is 1.37 bits per heavy atom. The molecule has 1 aliphatic heterocycles. The average molecular weight is 792 g/mol. The lowest BCUT2D eigenvalue weighted by Crippen LogP contribution is -2.29. The van der Waals surface area contributed by atoms with Crippen molar-refractivity contribution in [1.29, 1.82) is 0 Å². The number of anilines is 2. The fourth-order valence-electron chi connectivity index (χ4n) is 5.79. The van der Waals surface area contributed by atoms with Crippen LogP contribution in [0.1, 0.15) is 40.0 Å². The van der Waals surface area contributed by atoms with Gasteiger partial charge in [0.15, 0.2) is 0 Å². The van der Waals surface area contributed by atoms with Crippen LogP contribution in [-0.4, -0.2) is 130 Å². The van der Waals surface area contributed by atoms with E-state index in [2.05, 4.69) is 39.5 Å². The molecule has 16 nitrogen and oxygen atoms in total. The molecule has 2 aromatic carbocycles. The SMILES string of the molecule is C=O.CN(CCOCCOCCOCCOCCNC(=O)c1ccccc1C(=O)O)c1ccc(=O)n(CC(=O)O)c1.c1ccc2c(N3CCCCC3)cncc2c1. The number of fused-ring (bicyclic) bond motifs is 1. The lowest BCUT2D eigenvalue weighted by atomic mass is 10.1. The molecule has 1 amide bonds. The first-order valence-corrected chi connectivity index (χ1v) is 18.7. The highest BCUT2D eigenvalue weighted by atomic mass is 16.6. The van der Waals surface area contributed by atoms with Crippen molar-refractivity contribution in [1.82, 2.24) is 14.9 Å². The van der Waals surface area contributed by atoms with Crippen molar-refractivity contribution in [2.45, 2.75) is 25.8 Å². The zero-order valence-corrected chi connectivity index (χ0v) is 32.4. The molecule has 1 aliphatic rings. The van der Waals surface area contributed by atoms with E-state index < -0.39 is 24.4 Å². The molecule has 0 aliphatic carbocycles. The van der Waals surface area contributed by atoms with Gasteiger partial charge >= 0.3 is 11.9 Å². The van der Waals surface area contributed by atoms with Gasteiger partial charge in [-0.25, -0.2) is 4.79 Å². The first kappa shape index (κ1) is 45.7. The van der Waals surface area contributed by atoms with Crippen molar-refractivity contribution in [2.75, 3.05) is 95.9 Å². The summed E-state index contributed by atoms with van der Waals surface area (Å²) >= 11 is 0. The van der Waals surface area contributed by atoms with Gasteiger partial charge in [0.1, 0.15) is 13.3 Å². The highest BCUT2D eigenvalue weighted by Crippen LogP contribution is 2.27. The number of piperidine rings is 1. The number of likely N-dealkylation sites (N-methyl/N-ethyl adjacent to an activating group) is 1. The van der Waals surface area contributed by atoms with Gasteiger partial charge in [-0.05, 0) is 37.5 Å². The van der Waals surface area contributed by atoms with E-state index in [1.807, 2.05) is 31.1 Å². The summed E-state index contributed by atoms with van der Waals surface area (Å²) in [5.41, 5.74) is 1.69. The Balaban J connectivity index is 0.000000395. The van der Waals surface area contributed by atoms with Crippen LogP contribution in [0.15, 0.2) is 84.0 Å². The maximum Gasteiger partial charge on any atom is 0.336 e. The predicted octanol–water partition coefficient (Wildman–Crippen LogP) is 3.60. The second-order valence-corrected chi connectivity index (χ2v) is 12.7. The lowest BCUT2D eigenvalue weighted by molar-refractivity contribution is -0.137. The maximum absolute atomic E-state index is 12.1. The zero-order chi connectivity index (χ0) is 41.3. The Morgan fingerprint density at radius 1 is 0.772 bits per heavy atom. The average Bonchev–Trinajstić information content (AvgIpc) is 3.23. The van der Waals surface area contributed by atoms with E-state index in [4.69, 9.17) is 34.0 Å². The van der Waals surface area contributed by atoms with Gasteiger partial charge in [-0.2, -0.15) is 0 Å². The first-order valence-electron chi connectivity index (χ1n) is 18.7. The number of pyridine rings is 2. The molecule has 0 bridgehead atoms. The van der Waals surface area contributed by atoms with Crippen molar-refractivity contribution in [3.05, 3.63) is 101 Å². The van der Waals surface area contributed by atoms with E-state index >= 15 is 0 Å². The molecule has 4 aromatic rings. The van der Waals surface area contributed by atoms with Crippen molar-refractivity contribution < 1.29 is 48.3 Å². The highest BCUT2D eigenvalue weighted by Gasteiger charge is 2.15. The Kier molecular flexibility index (Phi) is 21.0. The molecule has 308 valence electrons. The van der Waals surface area contributed by atoms with Gasteiger partial charge < -0.3 is 53.6 Å². The largest absolute Gasteiger partial charge is 0.480 e. The number of aromatic nitrogens is 2. The molecule has 0 saturated carbocycles. The normalized spacial score (nSPS) is 12.1. The number of rotatable bonds is 21. The number of hydrogen-bond donors (Lipinski definition) is 3. The van der Waals surface area contributed by atoms with E-state index in [9.17, 15) is 19.2 Å². The third kappa shape index (κ3) is 16.1. The van der Waals surface area contributed by atoms with E-state index in [1.165, 1.54) is 73.2 Å². The van der Waals surface area contributed by atoms with Crippen molar-refractivity contribution >= 4 is 46.8 Å². The summed E-state index contributed by atoms with van der Waals surface area (Å²) < 4.78 is 22.9. The number of carbonyl (C=O) groups excluding carboxylic acids is 2. The van der Waals surface area contributed by atoms with Crippen LogP contribution in [0.25, 0.3) is 10.8 Å². The molecule has 3 heterocycles. The van der Waals surface area contributed by atoms with Crippen LogP contribution < -0.4 is 20.7 Å². The number of aromatic carboxylic acids is 1. The summed E-state index contributed by atoms with van der Waals surface area (Å²) in [5, 5.41) is 23.2. The third-order valence-electron chi connectivity index (χ3n) is 8.68. The molecule has 1 saturated heterocycles. The molecule has 0 spiro atoms. The van der Waals surface area contributed by atoms with Gasteiger partial charge in [0.05, 0.1) is 81.6 Å². The summed E-state index contributed by atoms with van der Waals surface area (Å²) in [4.78, 5) is 62.6. The number of carbonyl (C=O) groups is 4. The molecule has 0 unspecified atom stereocenters. The molecule has 5 rings (SSSR count). The van der Waals surface area contributed by atoms with Gasteiger partial charge in [-0.15, -0.1) is 0 Å². The monoisotopic (exact) mass is 791 g/mol. The van der Waals surface area contributed by atoms with Gasteiger partial charge in [0, 0.05) is 62.5 Å². The van der Waals surface area contributed by atoms with Crippen LogP contribution in [0.3, 0.4) is 0 Å². The van der Waals surface area contributed by atoms with Crippen molar-refractivity contribution in [3.8, 4) is 0 Å². The number of carboxylic acid groups (broad SMARTS) is 2. The number of benzene rings is 2. The third-order valence-corrected chi connectivity index (χ3v) is 8.68. The Bertz CT molecular complexity index is 1880. The molecule has 2 aromatic heterocycles. The van der Waals surface area contributed by atoms with E-state index in [0.29, 0.717) is 58.5 Å². The second-order valence-electron chi connectivity index (χ2n) is 12.7. The van der Waals surface area contributed by atoms with Crippen molar-refractivity contribution in [3.63, 3.8) is 0 Å². The van der Waals surface area contributed by atoms with Gasteiger partial charge in [0.25, 0.3) is 11.5 Å². The molecule has 3 N–H and O–H groups in total. The number of amides is 1. The zero-order valence-electron chi connectivity index (χ0n) is 32.4. The second kappa shape index (κ2) is 26.2. The van der Waals surface area contributed by atoms with Crippen LogP contribution >= 0.6 is 0 Å². The van der Waals surface area contributed by atoms with Gasteiger partial charge in [-0.1, -0.05) is 36.4 Å². The molecule has 0 atom stereocenters. The summed E-state index contributed by atoms with van der Waals surface area (Å²) in [6.07, 6.45) is 9.45. The minimum Gasteiger partial charge on any atom is -0.480 e. The predicted molar refractivity (Wildman–Crippen MR) is 216 cm³/mol. The molecule has 0 radical (unpaired) electrons. The standard InChI is InChI=1S/C26H35N3O10.C14H16N2.CH2O/c1-28(20-6-7-23(30)29(18-20)19-24(31)32)9-11-37-13-15-39-17-16-38-14-12-36-10-8-27-25(33)21-4-2-3-5-22(21)26(34)35;1-4-8-16(9-5-1)14-11-15-10-12-6-2-3-7-13(12)14;1-2/h2-7,18H,8-17,19H2,1H3,(H,27,33)(H,31,32)(H,34,35);2-3,6-7,10-11H,1,4-5,8-9H2;1H2. The summed E-state index contributed by atoms with van der Waals surface area (Å²) in [5.74, 6) is -2.71. The van der Waals surface area contributed by atoms with E-state index in [0.717, 1.165) is 4.57 Å². The molecule has 57 heavy (non-hydrogen) atoms. The molecular weight excluding hydrogens is 738 g/mol. The van der Waals surface area contributed by atoms with Crippen LogP contribution in [-0.2, 0) is 35.1 Å². The molecular formula is C41H53N5O11. The molecule has 16 heteroatoms. The van der Waals surface area contributed by atoms with Gasteiger partial charge in [0.2, 0.25) is 0 Å². The first-order chi connectivity index (χ1) is 27.7. The van der Waals surface area contributed by atoms with Crippen LogP contribution in [0, 0.1) is 0 Å². The summed E-state index contributed by atoms with van der Waals surface area (Å²) in [7, 11) is 1.82. The minimum absolute atomic E-state index is 0.0527. The van der Waals surface area contributed by atoms with E-state index in [-0.39, 0.29) is 29.8 Å². The quantitative estimate of drug-likeness (QED) is 0.103. The molecule has 1 fully saturated rings. The Labute approximate surface area is 331 Å². The fourth-order valence-corrected chi connectivity index (χ4v) is 5.79. The summed E-state index contributed by atoms with van der Waals surface area (Å²) in [6, 6.07) is 17.5. The van der Waals surface area contributed by atoms with Crippen molar-refractivity contribution in [2.24, 2.45) is 0 Å². The summed E-state index contributed by atoms with van der Waals surface area (Å²) in [6.45, 7) is 7.73. The van der Waals surface area contributed by atoms with Crippen LogP contribution in [0.2, 0.25) is 0 Å². The van der Waals surface area contributed by atoms with Crippen LogP contribution in [0.5, 0.6) is 0 Å². The Hall–Kier alpha value is -5.68. The number of ether oxygens (including phenoxy) is 4. The Morgan fingerprint density at radius 3 is 2.02 bits per heavy atom. The van der Waals surface area contributed by atoms with E-state index in [1.54, 1.807) is 18.2 Å².